The van der Waals surface area contributed by atoms with E-state index in [1.807, 2.05) is 24.3 Å². The van der Waals surface area contributed by atoms with Crippen LogP contribution in [0.15, 0.2) is 176 Å². The Kier molecular flexibility index (Phi) is 6.61. The van der Waals surface area contributed by atoms with Crippen molar-refractivity contribution in [3.63, 3.8) is 0 Å². The van der Waals surface area contributed by atoms with Crippen LogP contribution in [0.4, 0.5) is 0 Å². The van der Waals surface area contributed by atoms with Gasteiger partial charge >= 0.3 is 0 Å². The molecule has 0 atom stereocenters. The van der Waals surface area contributed by atoms with Crippen molar-refractivity contribution in [3.05, 3.63) is 187 Å². The molecule has 0 radical (unpaired) electrons. The molecule has 0 unspecified atom stereocenters. The van der Waals surface area contributed by atoms with Crippen LogP contribution in [0.3, 0.4) is 0 Å². The molecule has 11 rings (SSSR count). The van der Waals surface area contributed by atoms with Gasteiger partial charge in [-0.1, -0.05) is 91.0 Å². The molecule has 3 aromatic heterocycles. The minimum atomic E-state index is 0.644. The maximum atomic E-state index is 9.78. The summed E-state index contributed by atoms with van der Waals surface area (Å²) in [6.45, 7) is 0. The molecule has 0 saturated carbocycles. The summed E-state index contributed by atoms with van der Waals surface area (Å²) in [6, 6.07) is 66.2. The topological polar surface area (TPSA) is 62.4 Å². The van der Waals surface area contributed by atoms with Gasteiger partial charge in [0, 0.05) is 49.3 Å². The summed E-state index contributed by atoms with van der Waals surface area (Å²) in [5, 5.41) is 26.2. The first-order chi connectivity index (χ1) is 27.2. The van der Waals surface area contributed by atoms with Crippen molar-refractivity contribution in [2.75, 3.05) is 0 Å². The first-order valence-corrected chi connectivity index (χ1v) is 18.3. The summed E-state index contributed by atoms with van der Waals surface area (Å²) < 4.78 is 7.02. The van der Waals surface area contributed by atoms with Crippen molar-refractivity contribution in [1.82, 2.24) is 13.7 Å². The van der Waals surface area contributed by atoms with E-state index in [0.717, 1.165) is 82.8 Å². The summed E-state index contributed by atoms with van der Waals surface area (Å²) in [4.78, 5) is 0. The molecule has 11 aromatic rings. The molecular weight excluding hydrogens is 671 g/mol. The zero-order valence-electron chi connectivity index (χ0n) is 29.5. The molecule has 0 aliphatic carbocycles. The molecule has 254 valence electrons. The van der Waals surface area contributed by atoms with Gasteiger partial charge in [0.2, 0.25) is 0 Å². The van der Waals surface area contributed by atoms with E-state index >= 15 is 0 Å². The van der Waals surface area contributed by atoms with Crippen LogP contribution in [-0.2, 0) is 0 Å². The molecule has 3 heterocycles. The zero-order valence-corrected chi connectivity index (χ0v) is 29.5. The fourth-order valence-electron chi connectivity index (χ4n) is 8.72. The Hall–Kier alpha value is -7.86. The lowest BCUT2D eigenvalue weighted by molar-refractivity contribution is 1.13. The molecule has 0 fully saturated rings. The molecule has 55 heavy (non-hydrogen) atoms. The van der Waals surface area contributed by atoms with Crippen molar-refractivity contribution < 1.29 is 0 Å². The quantitative estimate of drug-likeness (QED) is 0.184. The second kappa shape index (κ2) is 11.8. The lowest BCUT2D eigenvalue weighted by Crippen LogP contribution is -2.02. The summed E-state index contributed by atoms with van der Waals surface area (Å²) >= 11 is 0. The van der Waals surface area contributed by atoms with E-state index < -0.39 is 0 Å². The Morgan fingerprint density at radius 2 is 0.764 bits per heavy atom. The minimum Gasteiger partial charge on any atom is -0.309 e. The van der Waals surface area contributed by atoms with Crippen molar-refractivity contribution in [2.24, 2.45) is 0 Å². The summed E-state index contributed by atoms with van der Waals surface area (Å²) in [7, 11) is 0. The number of aromatic nitrogens is 3. The highest BCUT2D eigenvalue weighted by molar-refractivity contribution is 6.12. The van der Waals surface area contributed by atoms with Crippen LogP contribution in [0.2, 0.25) is 0 Å². The van der Waals surface area contributed by atoms with Gasteiger partial charge in [-0.05, 0) is 90.5 Å². The Bertz CT molecular complexity index is 3420. The second-order valence-electron chi connectivity index (χ2n) is 14.0. The average molecular weight is 700 g/mol. The Morgan fingerprint density at radius 1 is 0.327 bits per heavy atom. The van der Waals surface area contributed by atoms with Gasteiger partial charge in [0.1, 0.15) is 0 Å². The zero-order chi connectivity index (χ0) is 36.6. The molecule has 0 N–H and O–H groups in total. The lowest BCUT2D eigenvalue weighted by Gasteiger charge is -2.18. The molecular formula is C50H29N5. The van der Waals surface area contributed by atoms with Crippen molar-refractivity contribution in [1.29, 1.82) is 10.5 Å². The Labute approximate surface area is 316 Å². The first kappa shape index (κ1) is 30.7. The monoisotopic (exact) mass is 699 g/mol. The van der Waals surface area contributed by atoms with Crippen LogP contribution in [-0.4, -0.2) is 13.7 Å². The van der Waals surface area contributed by atoms with Gasteiger partial charge in [-0.2, -0.15) is 10.5 Å². The van der Waals surface area contributed by atoms with Gasteiger partial charge in [0.15, 0.2) is 0 Å². The number of benzene rings is 8. The number of nitriles is 2. The summed E-state index contributed by atoms with van der Waals surface area (Å²) in [5.74, 6) is 0. The number of fused-ring (bicyclic) bond motifs is 9. The van der Waals surface area contributed by atoms with Crippen LogP contribution in [0.5, 0.6) is 0 Å². The predicted octanol–water partition coefficient (Wildman–Crippen LogP) is 12.4. The van der Waals surface area contributed by atoms with E-state index in [1.165, 1.54) is 10.8 Å². The first-order valence-electron chi connectivity index (χ1n) is 18.3. The fourth-order valence-corrected chi connectivity index (χ4v) is 8.72. The highest BCUT2D eigenvalue weighted by atomic mass is 15.0. The minimum absolute atomic E-state index is 0.644. The number of hydrogen-bond donors (Lipinski definition) is 0. The molecule has 0 spiro atoms. The lowest BCUT2D eigenvalue weighted by atomic mass is 10.0. The average Bonchev–Trinajstić information content (AvgIpc) is 3.88. The van der Waals surface area contributed by atoms with Crippen LogP contribution in [0.25, 0.3) is 93.6 Å². The number of nitrogens with zero attached hydrogens (tertiary/aromatic N) is 5. The molecule has 0 bridgehead atoms. The van der Waals surface area contributed by atoms with E-state index in [0.29, 0.717) is 11.1 Å². The summed E-state index contributed by atoms with van der Waals surface area (Å²) in [6.07, 6.45) is 0. The third-order valence-corrected chi connectivity index (χ3v) is 11.1. The van der Waals surface area contributed by atoms with Crippen molar-refractivity contribution >= 4 is 65.4 Å². The Balaban J connectivity index is 1.21. The third kappa shape index (κ3) is 4.51. The second-order valence-corrected chi connectivity index (χ2v) is 14.0. The molecule has 0 aliphatic heterocycles. The van der Waals surface area contributed by atoms with Crippen LogP contribution < -0.4 is 0 Å². The number of para-hydroxylation sites is 4. The highest BCUT2D eigenvalue weighted by Crippen LogP contribution is 2.41. The van der Waals surface area contributed by atoms with Gasteiger partial charge < -0.3 is 13.7 Å². The van der Waals surface area contributed by atoms with Gasteiger partial charge in [-0.3, -0.25) is 0 Å². The molecule has 0 amide bonds. The van der Waals surface area contributed by atoms with Crippen molar-refractivity contribution in [3.8, 4) is 40.3 Å². The van der Waals surface area contributed by atoms with Crippen LogP contribution in [0.1, 0.15) is 11.1 Å². The standard InChI is InChI=1S/C50H29N5/c51-30-32-20-24-48-42(26-32)40-14-3-5-16-44(40)53(48)35-11-9-10-34(28-35)37-23-22-36(54-45-17-6-4-15-41(45)43-27-33(31-52)21-25-49(43)54)29-50(37)55-46-18-7-1-12-38(46)39-13-2-8-19-47(39)55/h1-29H. The van der Waals surface area contributed by atoms with E-state index in [1.54, 1.807) is 0 Å². The van der Waals surface area contributed by atoms with Crippen molar-refractivity contribution in [2.45, 2.75) is 0 Å². The molecule has 5 nitrogen and oxygen atoms in total. The Morgan fingerprint density at radius 3 is 1.27 bits per heavy atom. The van der Waals surface area contributed by atoms with Gasteiger partial charge in [0.05, 0.1) is 62.1 Å². The summed E-state index contributed by atoms with van der Waals surface area (Å²) in [5.41, 5.74) is 13.2. The normalized spacial score (nSPS) is 11.6. The smallest absolute Gasteiger partial charge is 0.0991 e. The molecule has 5 heteroatoms. The maximum Gasteiger partial charge on any atom is 0.0991 e. The van der Waals surface area contributed by atoms with Gasteiger partial charge in [-0.25, -0.2) is 0 Å². The number of hydrogen-bond acceptors (Lipinski definition) is 2. The SMILES string of the molecule is N#Cc1ccc2c(c1)c1ccccc1n2-c1cccc(-c2ccc(-n3c4ccccc4c4cc(C#N)ccc43)cc2-n2c3ccccc3c3ccccc32)c1. The van der Waals surface area contributed by atoms with E-state index in [-0.39, 0.29) is 0 Å². The van der Waals surface area contributed by atoms with Gasteiger partial charge in [-0.15, -0.1) is 0 Å². The number of rotatable bonds is 4. The fraction of sp³-hybridized carbons (Fsp3) is 0. The largest absolute Gasteiger partial charge is 0.309 e. The van der Waals surface area contributed by atoms with E-state index in [2.05, 4.69) is 177 Å². The van der Waals surface area contributed by atoms with E-state index in [9.17, 15) is 10.5 Å². The van der Waals surface area contributed by atoms with E-state index in [4.69, 9.17) is 0 Å². The van der Waals surface area contributed by atoms with Crippen LogP contribution in [0, 0.1) is 22.7 Å². The van der Waals surface area contributed by atoms with Gasteiger partial charge in [0.25, 0.3) is 0 Å². The molecule has 0 saturated heterocycles. The maximum absolute atomic E-state index is 9.78. The molecule has 0 aliphatic rings. The molecule has 8 aromatic carbocycles. The predicted molar refractivity (Wildman–Crippen MR) is 224 cm³/mol. The highest BCUT2D eigenvalue weighted by Gasteiger charge is 2.20. The third-order valence-electron chi connectivity index (χ3n) is 11.1. The van der Waals surface area contributed by atoms with Crippen LogP contribution >= 0.6 is 0 Å².